The van der Waals surface area contributed by atoms with E-state index >= 15 is 0 Å². The molecule has 0 bridgehead atoms. The molecule has 0 atom stereocenters. The van der Waals surface area contributed by atoms with Crippen molar-refractivity contribution in [3.05, 3.63) is 59.2 Å². The van der Waals surface area contributed by atoms with E-state index in [2.05, 4.69) is 0 Å². The second-order valence-electron chi connectivity index (χ2n) is 3.62. The molecule has 0 heterocycles. The van der Waals surface area contributed by atoms with Crippen LogP contribution in [0.25, 0.3) is 0 Å². The van der Waals surface area contributed by atoms with Crippen LogP contribution in [-0.2, 0) is 0 Å². The van der Waals surface area contributed by atoms with E-state index in [9.17, 15) is 8.78 Å². The molecule has 2 aromatic carbocycles. The fraction of sp³-hybridized carbons (Fsp3) is 0. The lowest BCUT2D eigenvalue weighted by molar-refractivity contribution is 0.407. The Kier molecular flexibility index (Phi) is 3.40. The molecule has 19 heavy (non-hydrogen) atoms. The van der Waals surface area contributed by atoms with E-state index in [0.717, 1.165) is 12.1 Å². The fourth-order valence-corrected chi connectivity index (χ4v) is 1.44. The Labute approximate surface area is 107 Å². The Morgan fingerprint density at radius 3 is 1.84 bits per heavy atom. The van der Waals surface area contributed by atoms with Crippen molar-refractivity contribution < 1.29 is 13.5 Å². The highest BCUT2D eigenvalue weighted by Crippen LogP contribution is 2.28. The van der Waals surface area contributed by atoms with Gasteiger partial charge in [-0.1, -0.05) is 0 Å². The average Bonchev–Trinajstić information content (AvgIpc) is 2.43. The van der Waals surface area contributed by atoms with Crippen LogP contribution in [0.15, 0.2) is 36.4 Å². The van der Waals surface area contributed by atoms with Crippen molar-refractivity contribution in [1.29, 1.82) is 10.5 Å². The first-order chi connectivity index (χ1) is 9.13. The first-order valence-electron chi connectivity index (χ1n) is 5.21. The van der Waals surface area contributed by atoms with Gasteiger partial charge < -0.3 is 4.74 Å². The van der Waals surface area contributed by atoms with Crippen molar-refractivity contribution in [3.8, 4) is 23.6 Å². The topological polar surface area (TPSA) is 56.8 Å². The molecule has 0 fully saturated rings. The van der Waals surface area contributed by atoms with Gasteiger partial charge in [0.25, 0.3) is 0 Å². The van der Waals surface area contributed by atoms with E-state index in [1.54, 1.807) is 6.07 Å². The van der Waals surface area contributed by atoms with Gasteiger partial charge in [-0.3, -0.25) is 0 Å². The minimum atomic E-state index is -0.957. The third kappa shape index (κ3) is 2.67. The smallest absolute Gasteiger partial charge is 0.198 e. The quantitative estimate of drug-likeness (QED) is 0.826. The van der Waals surface area contributed by atoms with Crippen LogP contribution in [-0.4, -0.2) is 0 Å². The predicted molar refractivity (Wildman–Crippen MR) is 62.3 cm³/mol. The van der Waals surface area contributed by atoms with Crippen LogP contribution < -0.4 is 4.74 Å². The molecule has 5 heteroatoms. The van der Waals surface area contributed by atoms with Gasteiger partial charge in [0.1, 0.15) is 5.75 Å². The maximum atomic E-state index is 13.6. The lowest BCUT2D eigenvalue weighted by Crippen LogP contribution is -1.94. The molecule has 0 aliphatic carbocycles. The first kappa shape index (κ1) is 12.5. The Balaban J connectivity index is 2.33. The molecule has 3 nitrogen and oxygen atoms in total. The van der Waals surface area contributed by atoms with Crippen molar-refractivity contribution in [2.75, 3.05) is 0 Å². The molecular formula is C14H6F2N2O. The summed E-state index contributed by atoms with van der Waals surface area (Å²) >= 11 is 0. The molecule has 2 aromatic rings. The zero-order chi connectivity index (χ0) is 13.8. The fourth-order valence-electron chi connectivity index (χ4n) is 1.44. The molecule has 92 valence electrons. The van der Waals surface area contributed by atoms with E-state index in [1.165, 1.54) is 24.3 Å². The minimum absolute atomic E-state index is 0.123. The molecule has 0 saturated heterocycles. The van der Waals surface area contributed by atoms with Gasteiger partial charge in [-0.15, -0.1) is 0 Å². The van der Waals surface area contributed by atoms with Crippen LogP contribution in [0.3, 0.4) is 0 Å². The number of nitrogens with zero attached hydrogens (tertiary/aromatic N) is 2. The molecule has 0 spiro atoms. The second-order valence-corrected chi connectivity index (χ2v) is 3.62. The van der Waals surface area contributed by atoms with Gasteiger partial charge in [-0.05, 0) is 36.4 Å². The van der Waals surface area contributed by atoms with E-state index in [1.807, 2.05) is 6.07 Å². The summed E-state index contributed by atoms with van der Waals surface area (Å²) in [5.74, 6) is -2.30. The van der Waals surface area contributed by atoms with Gasteiger partial charge in [0.05, 0.1) is 23.3 Å². The first-order valence-corrected chi connectivity index (χ1v) is 5.21. The van der Waals surface area contributed by atoms with Gasteiger partial charge >= 0.3 is 0 Å². The van der Waals surface area contributed by atoms with Crippen molar-refractivity contribution in [1.82, 2.24) is 0 Å². The van der Waals surface area contributed by atoms with E-state index in [-0.39, 0.29) is 11.3 Å². The van der Waals surface area contributed by atoms with Crippen molar-refractivity contribution in [3.63, 3.8) is 0 Å². The highest BCUT2D eigenvalue weighted by atomic mass is 19.1. The van der Waals surface area contributed by atoms with Crippen LogP contribution in [0.2, 0.25) is 0 Å². The highest BCUT2D eigenvalue weighted by Gasteiger charge is 2.13. The molecule has 0 unspecified atom stereocenters. The van der Waals surface area contributed by atoms with Gasteiger partial charge in [-0.2, -0.15) is 10.5 Å². The van der Waals surface area contributed by atoms with E-state index in [0.29, 0.717) is 5.56 Å². The van der Waals surface area contributed by atoms with Crippen molar-refractivity contribution in [2.24, 2.45) is 0 Å². The molecule has 0 aliphatic rings. The van der Waals surface area contributed by atoms with Crippen molar-refractivity contribution >= 4 is 0 Å². The molecule has 0 N–H and O–H groups in total. The molecule has 2 rings (SSSR count). The number of rotatable bonds is 2. The zero-order valence-corrected chi connectivity index (χ0v) is 9.52. The van der Waals surface area contributed by atoms with Gasteiger partial charge in [0.2, 0.25) is 0 Å². The third-order valence-corrected chi connectivity index (χ3v) is 2.33. The largest absolute Gasteiger partial charge is 0.451 e. The van der Waals surface area contributed by atoms with Crippen LogP contribution in [0.5, 0.6) is 11.5 Å². The summed E-state index contributed by atoms with van der Waals surface area (Å²) in [6.45, 7) is 0. The molecule has 0 amide bonds. The molecule has 0 saturated carbocycles. The number of halogens is 2. The summed E-state index contributed by atoms with van der Waals surface area (Å²) in [5, 5.41) is 17.2. The Bertz CT molecular complexity index is 674. The molecule has 0 radical (unpaired) electrons. The number of hydrogen-bond acceptors (Lipinski definition) is 3. The summed E-state index contributed by atoms with van der Waals surface area (Å²) < 4.78 is 32.2. The maximum Gasteiger partial charge on any atom is 0.198 e. The Hall–Kier alpha value is -2.92. The molecular weight excluding hydrogens is 250 g/mol. The number of benzene rings is 2. The number of ether oxygens (including phenoxy) is 1. The van der Waals surface area contributed by atoms with Crippen molar-refractivity contribution in [2.45, 2.75) is 0 Å². The lowest BCUT2D eigenvalue weighted by atomic mass is 10.2. The summed E-state index contributed by atoms with van der Waals surface area (Å²) in [5.41, 5.74) is 0.287. The third-order valence-electron chi connectivity index (χ3n) is 2.33. The average molecular weight is 256 g/mol. The van der Waals surface area contributed by atoms with E-state index < -0.39 is 17.4 Å². The maximum absolute atomic E-state index is 13.6. The molecule has 0 aliphatic heterocycles. The predicted octanol–water partition coefficient (Wildman–Crippen LogP) is 3.50. The highest BCUT2D eigenvalue weighted by molar-refractivity contribution is 5.41. The molecule has 0 aromatic heterocycles. The number of nitriles is 2. The van der Waals surface area contributed by atoms with Crippen LogP contribution in [0.1, 0.15) is 11.1 Å². The Morgan fingerprint density at radius 1 is 0.842 bits per heavy atom. The van der Waals surface area contributed by atoms with Gasteiger partial charge in [-0.25, -0.2) is 8.78 Å². The summed E-state index contributed by atoms with van der Waals surface area (Å²) in [6, 6.07) is 11.1. The van der Waals surface area contributed by atoms with E-state index in [4.69, 9.17) is 15.3 Å². The SMILES string of the molecule is N#Cc1ccc(Oc2c(F)cc(C#N)cc2F)cc1. The normalized spacial score (nSPS) is 9.47. The zero-order valence-electron chi connectivity index (χ0n) is 9.52. The summed E-state index contributed by atoms with van der Waals surface area (Å²) in [6.07, 6.45) is 0. The van der Waals surface area contributed by atoms with Crippen LogP contribution >= 0.6 is 0 Å². The minimum Gasteiger partial charge on any atom is -0.451 e. The Morgan fingerprint density at radius 2 is 1.37 bits per heavy atom. The lowest BCUT2D eigenvalue weighted by Gasteiger charge is -2.08. The van der Waals surface area contributed by atoms with Crippen LogP contribution in [0.4, 0.5) is 8.78 Å². The second kappa shape index (κ2) is 5.16. The van der Waals surface area contributed by atoms with Gasteiger partial charge in [0.15, 0.2) is 17.4 Å². The van der Waals surface area contributed by atoms with Crippen LogP contribution in [0, 0.1) is 34.3 Å². The summed E-state index contributed by atoms with van der Waals surface area (Å²) in [7, 11) is 0. The van der Waals surface area contributed by atoms with Gasteiger partial charge in [0, 0.05) is 0 Å². The number of hydrogen-bond donors (Lipinski definition) is 0. The standard InChI is InChI=1S/C14H6F2N2O/c15-12-5-10(8-18)6-13(16)14(12)19-11-3-1-9(7-17)2-4-11/h1-6H. The summed E-state index contributed by atoms with van der Waals surface area (Å²) in [4.78, 5) is 0. The monoisotopic (exact) mass is 256 g/mol.